The Hall–Kier alpha value is -3.42. The Morgan fingerprint density at radius 2 is 1.96 bits per heavy atom. The third-order valence-corrected chi connectivity index (χ3v) is 4.64. The molecule has 138 valence electrons. The topological polar surface area (TPSA) is 85.2 Å². The molecule has 0 bridgehead atoms. The minimum atomic E-state index is -0.221. The Balaban J connectivity index is 1.70. The minimum absolute atomic E-state index is 0.221. The second kappa shape index (κ2) is 7.45. The first kappa shape index (κ1) is 17.0. The smallest absolute Gasteiger partial charge is 0.259 e. The molecule has 27 heavy (non-hydrogen) atoms. The molecule has 1 N–H and O–H groups in total. The van der Waals surface area contributed by atoms with Gasteiger partial charge in [0.05, 0.1) is 29.7 Å². The summed E-state index contributed by atoms with van der Waals surface area (Å²) in [6.45, 7) is 1.95. The molecule has 0 radical (unpaired) electrons. The fourth-order valence-corrected chi connectivity index (χ4v) is 3.30. The fraction of sp³-hybridized carbons (Fsp3) is 0.263. The maximum absolute atomic E-state index is 12.9. The number of nitrogens with zero attached hydrogens (tertiary/aromatic N) is 5. The summed E-state index contributed by atoms with van der Waals surface area (Å²) in [5.74, 6) is 0.316. The van der Waals surface area contributed by atoms with E-state index in [4.69, 9.17) is 4.74 Å². The third-order valence-electron chi connectivity index (χ3n) is 4.64. The van der Waals surface area contributed by atoms with Crippen LogP contribution in [0, 0.1) is 0 Å². The van der Waals surface area contributed by atoms with Gasteiger partial charge < -0.3 is 15.0 Å². The molecule has 0 spiro atoms. The Labute approximate surface area is 156 Å². The van der Waals surface area contributed by atoms with Gasteiger partial charge in [0, 0.05) is 13.1 Å². The molecule has 0 saturated carbocycles. The van der Waals surface area contributed by atoms with Gasteiger partial charge in [0.25, 0.3) is 5.91 Å². The molecule has 1 aliphatic heterocycles. The molecule has 2 aromatic carbocycles. The largest absolute Gasteiger partial charge is 0.496 e. The molecular formula is C19H20N6O2. The lowest BCUT2D eigenvalue weighted by Gasteiger charge is -2.22. The van der Waals surface area contributed by atoms with Crippen molar-refractivity contribution in [1.29, 1.82) is 0 Å². The van der Waals surface area contributed by atoms with E-state index in [1.165, 1.54) is 6.33 Å². The SMILES string of the molecule is COc1ccccc1C(=O)Nc1cc(-n2cnnn2)ccc1N1CCCC1. The number of amides is 1. The second-order valence-corrected chi connectivity index (χ2v) is 6.30. The maximum atomic E-state index is 12.9. The number of tetrazole rings is 1. The van der Waals surface area contributed by atoms with Crippen molar-refractivity contribution in [3.63, 3.8) is 0 Å². The number of methoxy groups -OCH3 is 1. The number of nitrogens with one attached hydrogen (secondary N) is 1. The molecule has 8 heteroatoms. The lowest BCUT2D eigenvalue weighted by atomic mass is 10.1. The number of aromatic nitrogens is 4. The molecule has 1 aliphatic rings. The van der Waals surface area contributed by atoms with Crippen LogP contribution in [-0.4, -0.2) is 46.3 Å². The van der Waals surface area contributed by atoms with Crippen molar-refractivity contribution in [1.82, 2.24) is 20.2 Å². The Bertz CT molecular complexity index is 935. The van der Waals surface area contributed by atoms with Gasteiger partial charge >= 0.3 is 0 Å². The molecule has 1 fully saturated rings. The number of benzene rings is 2. The van der Waals surface area contributed by atoms with E-state index in [-0.39, 0.29) is 5.91 Å². The first-order valence-electron chi connectivity index (χ1n) is 8.83. The van der Waals surface area contributed by atoms with Crippen LogP contribution in [0.1, 0.15) is 23.2 Å². The number of hydrogen-bond acceptors (Lipinski definition) is 6. The Kier molecular flexibility index (Phi) is 4.69. The molecule has 0 atom stereocenters. The van der Waals surface area contributed by atoms with E-state index in [2.05, 4.69) is 25.7 Å². The first-order valence-corrected chi connectivity index (χ1v) is 8.83. The third kappa shape index (κ3) is 3.46. The zero-order valence-corrected chi connectivity index (χ0v) is 15.0. The summed E-state index contributed by atoms with van der Waals surface area (Å²) in [5.41, 5.74) is 2.98. The predicted molar refractivity (Wildman–Crippen MR) is 102 cm³/mol. The van der Waals surface area contributed by atoms with E-state index in [1.807, 2.05) is 30.3 Å². The Morgan fingerprint density at radius 3 is 2.70 bits per heavy atom. The highest BCUT2D eigenvalue weighted by atomic mass is 16.5. The molecule has 8 nitrogen and oxygen atoms in total. The van der Waals surface area contributed by atoms with Gasteiger partial charge in [-0.05, 0) is 53.6 Å². The zero-order valence-electron chi connectivity index (χ0n) is 15.0. The number of para-hydroxylation sites is 1. The molecule has 3 aromatic rings. The monoisotopic (exact) mass is 364 g/mol. The maximum Gasteiger partial charge on any atom is 0.259 e. The number of rotatable bonds is 5. The van der Waals surface area contributed by atoms with E-state index in [9.17, 15) is 4.79 Å². The number of ether oxygens (including phenoxy) is 1. The van der Waals surface area contributed by atoms with Crippen molar-refractivity contribution in [2.75, 3.05) is 30.4 Å². The van der Waals surface area contributed by atoms with Crippen molar-refractivity contribution < 1.29 is 9.53 Å². The molecule has 1 aromatic heterocycles. The summed E-state index contributed by atoms with van der Waals surface area (Å²) in [4.78, 5) is 15.2. The predicted octanol–water partition coefficient (Wildman–Crippen LogP) is 2.52. The standard InChI is InChI=1S/C19H20N6O2/c1-27-18-7-3-2-6-15(18)19(26)21-16-12-14(25-13-20-22-23-25)8-9-17(16)24-10-4-5-11-24/h2-3,6-9,12-13H,4-5,10-11H2,1H3,(H,21,26). The molecule has 0 aliphatic carbocycles. The van der Waals surface area contributed by atoms with Crippen LogP contribution >= 0.6 is 0 Å². The highest BCUT2D eigenvalue weighted by molar-refractivity contribution is 6.07. The van der Waals surface area contributed by atoms with Gasteiger partial charge in [-0.25, -0.2) is 4.68 Å². The van der Waals surface area contributed by atoms with E-state index >= 15 is 0 Å². The summed E-state index contributed by atoms with van der Waals surface area (Å²) in [6.07, 6.45) is 3.82. The van der Waals surface area contributed by atoms with Gasteiger partial charge in [-0.1, -0.05) is 12.1 Å². The first-order chi connectivity index (χ1) is 13.3. The molecular weight excluding hydrogens is 344 g/mol. The van der Waals surface area contributed by atoms with Crippen molar-refractivity contribution in [3.05, 3.63) is 54.4 Å². The van der Waals surface area contributed by atoms with E-state index in [0.717, 1.165) is 43.0 Å². The minimum Gasteiger partial charge on any atom is -0.496 e. The molecule has 1 amide bonds. The van der Waals surface area contributed by atoms with Crippen LogP contribution in [0.3, 0.4) is 0 Å². The summed E-state index contributed by atoms with van der Waals surface area (Å²) < 4.78 is 6.88. The lowest BCUT2D eigenvalue weighted by molar-refractivity contribution is 0.102. The normalized spacial score (nSPS) is 13.6. The van der Waals surface area contributed by atoms with Gasteiger partial charge in [-0.2, -0.15) is 0 Å². The molecule has 1 saturated heterocycles. The van der Waals surface area contributed by atoms with Gasteiger partial charge in [0.15, 0.2) is 0 Å². The molecule has 0 unspecified atom stereocenters. The van der Waals surface area contributed by atoms with E-state index in [1.54, 1.807) is 23.9 Å². The van der Waals surface area contributed by atoms with Crippen molar-refractivity contribution in [2.45, 2.75) is 12.8 Å². The van der Waals surface area contributed by atoms with Gasteiger partial charge in [-0.15, -0.1) is 5.10 Å². The van der Waals surface area contributed by atoms with Crippen LogP contribution in [0.15, 0.2) is 48.8 Å². The average Bonchev–Trinajstić information content (AvgIpc) is 3.42. The van der Waals surface area contributed by atoms with Crippen molar-refractivity contribution in [3.8, 4) is 11.4 Å². The summed E-state index contributed by atoms with van der Waals surface area (Å²) >= 11 is 0. The van der Waals surface area contributed by atoms with Crippen LogP contribution in [0.4, 0.5) is 11.4 Å². The summed E-state index contributed by atoms with van der Waals surface area (Å²) in [6, 6.07) is 13.0. The number of carbonyl (C=O) groups is 1. The van der Waals surface area contributed by atoms with Crippen LogP contribution in [0.5, 0.6) is 5.75 Å². The number of hydrogen-bond donors (Lipinski definition) is 1. The highest BCUT2D eigenvalue weighted by Gasteiger charge is 2.19. The van der Waals surface area contributed by atoms with Crippen LogP contribution in [0.25, 0.3) is 5.69 Å². The van der Waals surface area contributed by atoms with Crippen molar-refractivity contribution in [2.24, 2.45) is 0 Å². The summed E-state index contributed by atoms with van der Waals surface area (Å²) in [5, 5.41) is 14.3. The lowest BCUT2D eigenvalue weighted by Crippen LogP contribution is -2.21. The number of anilines is 2. The van der Waals surface area contributed by atoms with Crippen LogP contribution in [0.2, 0.25) is 0 Å². The van der Waals surface area contributed by atoms with Crippen molar-refractivity contribution >= 4 is 17.3 Å². The Morgan fingerprint density at radius 1 is 1.15 bits per heavy atom. The second-order valence-electron chi connectivity index (χ2n) is 6.30. The van der Waals surface area contributed by atoms with Gasteiger partial charge in [-0.3, -0.25) is 4.79 Å². The molecule has 2 heterocycles. The van der Waals surface area contributed by atoms with Crippen LogP contribution < -0.4 is 15.0 Å². The van der Waals surface area contributed by atoms with Gasteiger partial charge in [0.2, 0.25) is 0 Å². The highest BCUT2D eigenvalue weighted by Crippen LogP contribution is 2.32. The fourth-order valence-electron chi connectivity index (χ4n) is 3.30. The van der Waals surface area contributed by atoms with E-state index < -0.39 is 0 Å². The van der Waals surface area contributed by atoms with E-state index in [0.29, 0.717) is 11.3 Å². The number of carbonyl (C=O) groups excluding carboxylic acids is 1. The summed E-state index contributed by atoms with van der Waals surface area (Å²) in [7, 11) is 1.56. The van der Waals surface area contributed by atoms with Gasteiger partial charge in [0.1, 0.15) is 12.1 Å². The zero-order chi connectivity index (χ0) is 18.6. The average molecular weight is 364 g/mol. The molecule has 4 rings (SSSR count). The quantitative estimate of drug-likeness (QED) is 0.749. The van der Waals surface area contributed by atoms with Crippen LogP contribution in [-0.2, 0) is 0 Å².